The Morgan fingerprint density at radius 3 is 2.44 bits per heavy atom. The van der Waals surface area contributed by atoms with Crippen molar-refractivity contribution in [1.29, 1.82) is 0 Å². The number of pyridine rings is 1. The van der Waals surface area contributed by atoms with E-state index in [2.05, 4.69) is 16.0 Å². The SMILES string of the molecule is C#Cc1cccc(-c2cc(C(F)(F)F)nn2-c2ccc(S(N)(=O)=O)nc2)c1. The summed E-state index contributed by atoms with van der Waals surface area (Å²) < 4.78 is 63.1. The molecule has 0 fully saturated rings. The molecule has 3 rings (SSSR count). The Kier molecular flexibility index (Phi) is 4.51. The van der Waals surface area contributed by atoms with Crippen LogP contribution in [0.2, 0.25) is 0 Å². The predicted octanol–water partition coefficient (Wildman–Crippen LogP) is 2.58. The minimum Gasteiger partial charge on any atom is -0.241 e. The highest BCUT2D eigenvalue weighted by Crippen LogP contribution is 2.33. The summed E-state index contributed by atoms with van der Waals surface area (Å²) in [6, 6.07) is 9.59. The number of primary sulfonamides is 1. The molecule has 10 heteroatoms. The fourth-order valence-corrected chi connectivity index (χ4v) is 2.81. The van der Waals surface area contributed by atoms with Crippen LogP contribution in [0.25, 0.3) is 16.9 Å². The molecule has 0 atom stereocenters. The lowest BCUT2D eigenvalue weighted by Crippen LogP contribution is -2.14. The number of alkyl halides is 3. The highest BCUT2D eigenvalue weighted by Gasteiger charge is 2.35. The lowest BCUT2D eigenvalue weighted by Gasteiger charge is -2.08. The molecule has 0 saturated carbocycles. The molecule has 0 aliphatic carbocycles. The Bertz CT molecular complexity index is 1140. The van der Waals surface area contributed by atoms with Gasteiger partial charge in [0.2, 0.25) is 0 Å². The van der Waals surface area contributed by atoms with Crippen LogP contribution in [0.15, 0.2) is 53.7 Å². The van der Waals surface area contributed by atoms with Crippen molar-refractivity contribution >= 4 is 10.0 Å². The van der Waals surface area contributed by atoms with Crippen LogP contribution >= 0.6 is 0 Å². The van der Waals surface area contributed by atoms with Gasteiger partial charge in [0, 0.05) is 11.1 Å². The molecule has 0 amide bonds. The zero-order chi connectivity index (χ0) is 19.8. The fraction of sp³-hybridized carbons (Fsp3) is 0.0588. The Morgan fingerprint density at radius 2 is 1.89 bits per heavy atom. The molecule has 2 aromatic heterocycles. The molecule has 138 valence electrons. The van der Waals surface area contributed by atoms with Crippen molar-refractivity contribution in [3.8, 4) is 29.3 Å². The van der Waals surface area contributed by atoms with Gasteiger partial charge in [-0.2, -0.15) is 18.3 Å². The molecule has 27 heavy (non-hydrogen) atoms. The van der Waals surface area contributed by atoms with Crippen molar-refractivity contribution in [2.45, 2.75) is 11.2 Å². The summed E-state index contributed by atoms with van der Waals surface area (Å²) in [4.78, 5) is 3.68. The largest absolute Gasteiger partial charge is 0.435 e. The molecular formula is C17H11F3N4O2S. The molecule has 0 saturated heterocycles. The first-order valence-corrected chi connectivity index (χ1v) is 8.88. The summed E-state index contributed by atoms with van der Waals surface area (Å²) in [6.07, 6.45) is 1.75. The molecule has 0 unspecified atom stereocenters. The molecule has 1 aromatic carbocycles. The van der Waals surface area contributed by atoms with Gasteiger partial charge in [0.25, 0.3) is 10.0 Å². The van der Waals surface area contributed by atoms with Crippen LogP contribution in [-0.4, -0.2) is 23.2 Å². The summed E-state index contributed by atoms with van der Waals surface area (Å²) >= 11 is 0. The number of nitrogens with two attached hydrogens (primary N) is 1. The van der Waals surface area contributed by atoms with Crippen molar-refractivity contribution in [2.75, 3.05) is 0 Å². The van der Waals surface area contributed by atoms with Crippen molar-refractivity contribution in [1.82, 2.24) is 14.8 Å². The lowest BCUT2D eigenvalue weighted by atomic mass is 10.1. The summed E-state index contributed by atoms with van der Waals surface area (Å²) in [5, 5.41) is 8.16. The van der Waals surface area contributed by atoms with Gasteiger partial charge >= 0.3 is 6.18 Å². The second-order valence-corrected chi connectivity index (χ2v) is 6.96. The number of hydrogen-bond donors (Lipinski definition) is 1. The summed E-state index contributed by atoms with van der Waals surface area (Å²) in [5.74, 6) is 2.41. The fourth-order valence-electron chi connectivity index (χ4n) is 2.36. The standard InChI is InChI=1S/C17H11F3N4O2S/c1-2-11-4-3-5-12(8-11)14-9-15(17(18,19)20)23-24(14)13-6-7-16(22-10-13)27(21,25)26/h1,3-10H,(H2,21,25,26). The van der Waals surface area contributed by atoms with Crippen LogP contribution in [-0.2, 0) is 16.2 Å². The van der Waals surface area contributed by atoms with Gasteiger partial charge in [0.1, 0.15) is 0 Å². The van der Waals surface area contributed by atoms with E-state index in [1.165, 1.54) is 6.07 Å². The lowest BCUT2D eigenvalue weighted by molar-refractivity contribution is -0.141. The van der Waals surface area contributed by atoms with E-state index in [4.69, 9.17) is 11.6 Å². The second kappa shape index (κ2) is 6.53. The Hall–Kier alpha value is -3.16. The number of halogens is 3. The van der Waals surface area contributed by atoms with Crippen molar-refractivity contribution < 1.29 is 21.6 Å². The van der Waals surface area contributed by atoms with E-state index in [0.717, 1.165) is 23.0 Å². The number of sulfonamides is 1. The van der Waals surface area contributed by atoms with Crippen LogP contribution in [0.3, 0.4) is 0 Å². The Labute approximate surface area is 152 Å². The van der Waals surface area contributed by atoms with E-state index in [1.807, 2.05) is 0 Å². The Morgan fingerprint density at radius 1 is 1.15 bits per heavy atom. The summed E-state index contributed by atoms with van der Waals surface area (Å²) in [5.41, 5.74) is 0.0169. The maximum absolute atomic E-state index is 13.2. The van der Waals surface area contributed by atoms with Gasteiger partial charge in [-0.1, -0.05) is 18.1 Å². The molecule has 6 nitrogen and oxygen atoms in total. The zero-order valence-electron chi connectivity index (χ0n) is 13.5. The predicted molar refractivity (Wildman–Crippen MR) is 91.1 cm³/mol. The second-order valence-electron chi connectivity index (χ2n) is 5.45. The van der Waals surface area contributed by atoms with Gasteiger partial charge in [-0.15, -0.1) is 6.42 Å². The van der Waals surface area contributed by atoms with Crippen molar-refractivity contribution in [3.63, 3.8) is 0 Å². The minimum atomic E-state index is -4.67. The van der Waals surface area contributed by atoms with Gasteiger partial charge in [0.05, 0.1) is 17.6 Å². The normalized spacial score (nSPS) is 12.0. The smallest absolute Gasteiger partial charge is 0.241 e. The van der Waals surface area contributed by atoms with Gasteiger partial charge in [-0.25, -0.2) is 23.2 Å². The van der Waals surface area contributed by atoms with Crippen molar-refractivity contribution in [3.05, 3.63) is 59.9 Å². The van der Waals surface area contributed by atoms with E-state index in [0.29, 0.717) is 11.1 Å². The third-order valence-corrected chi connectivity index (χ3v) is 4.41. The van der Waals surface area contributed by atoms with Crippen LogP contribution in [0.5, 0.6) is 0 Å². The van der Waals surface area contributed by atoms with E-state index >= 15 is 0 Å². The van der Waals surface area contributed by atoms with Gasteiger partial charge < -0.3 is 0 Å². The maximum Gasteiger partial charge on any atom is 0.435 e. The minimum absolute atomic E-state index is 0.115. The number of nitrogens with zero attached hydrogens (tertiary/aromatic N) is 3. The highest BCUT2D eigenvalue weighted by atomic mass is 32.2. The molecule has 3 aromatic rings. The van der Waals surface area contributed by atoms with E-state index in [-0.39, 0.29) is 11.4 Å². The van der Waals surface area contributed by atoms with Crippen molar-refractivity contribution in [2.24, 2.45) is 5.14 Å². The third-order valence-electron chi connectivity index (χ3n) is 3.58. The first-order valence-electron chi connectivity index (χ1n) is 7.33. The van der Waals surface area contributed by atoms with Crippen LogP contribution in [0.1, 0.15) is 11.3 Å². The average Bonchev–Trinajstić information content (AvgIpc) is 3.07. The number of hydrogen-bond acceptors (Lipinski definition) is 4. The van der Waals surface area contributed by atoms with Gasteiger partial charge in [-0.05, 0) is 30.3 Å². The molecule has 0 aliphatic heterocycles. The number of aromatic nitrogens is 3. The number of terminal acetylenes is 1. The summed E-state index contributed by atoms with van der Waals surface area (Å²) in [7, 11) is -4.03. The quantitative estimate of drug-likeness (QED) is 0.694. The average molecular weight is 392 g/mol. The molecular weight excluding hydrogens is 381 g/mol. The first-order chi connectivity index (χ1) is 12.6. The van der Waals surface area contributed by atoms with Gasteiger partial charge in [0.15, 0.2) is 10.7 Å². The van der Waals surface area contributed by atoms with E-state index < -0.39 is 26.9 Å². The van der Waals surface area contributed by atoms with Crippen LogP contribution in [0.4, 0.5) is 13.2 Å². The molecule has 0 spiro atoms. The van der Waals surface area contributed by atoms with Gasteiger partial charge in [-0.3, -0.25) is 0 Å². The van der Waals surface area contributed by atoms with E-state index in [1.54, 1.807) is 24.3 Å². The monoisotopic (exact) mass is 392 g/mol. The van der Waals surface area contributed by atoms with E-state index in [9.17, 15) is 21.6 Å². The molecule has 0 aliphatic rings. The molecule has 2 N–H and O–H groups in total. The zero-order valence-corrected chi connectivity index (χ0v) is 14.3. The topological polar surface area (TPSA) is 90.9 Å². The molecule has 0 bridgehead atoms. The third kappa shape index (κ3) is 3.84. The number of rotatable bonds is 3. The van der Waals surface area contributed by atoms with Crippen LogP contribution in [0, 0.1) is 12.3 Å². The molecule has 2 heterocycles. The number of benzene rings is 1. The highest BCUT2D eigenvalue weighted by molar-refractivity contribution is 7.89. The summed E-state index contributed by atoms with van der Waals surface area (Å²) in [6.45, 7) is 0. The first kappa shape index (κ1) is 18.6. The van der Waals surface area contributed by atoms with Crippen LogP contribution < -0.4 is 5.14 Å². The molecule has 0 radical (unpaired) electrons. The maximum atomic E-state index is 13.2. The Balaban J connectivity index is 2.19.